The zero-order chi connectivity index (χ0) is 20.2. The number of halogens is 2. The number of nitrogens with zero attached hydrogens (tertiary/aromatic N) is 1. The van der Waals surface area contributed by atoms with Crippen LogP contribution in [0.2, 0.25) is 5.02 Å². The van der Waals surface area contributed by atoms with Crippen molar-refractivity contribution in [3.05, 3.63) is 69.8 Å². The highest BCUT2D eigenvalue weighted by Crippen LogP contribution is 2.36. The van der Waals surface area contributed by atoms with Crippen LogP contribution >= 0.6 is 22.9 Å². The van der Waals surface area contributed by atoms with Gasteiger partial charge in [-0.3, -0.25) is 9.69 Å². The molecule has 2 aromatic carbocycles. The molecule has 0 bridgehead atoms. The molecule has 29 heavy (non-hydrogen) atoms. The molecule has 0 aliphatic carbocycles. The first kappa shape index (κ1) is 20.3. The van der Waals surface area contributed by atoms with Crippen LogP contribution in [0.3, 0.4) is 0 Å². The second kappa shape index (κ2) is 9.24. The Hall–Kier alpha value is -1.95. The molecule has 3 nitrogen and oxygen atoms in total. The number of hydrogen-bond donors (Lipinski definition) is 1. The van der Waals surface area contributed by atoms with Gasteiger partial charge in [0.1, 0.15) is 5.82 Å². The number of rotatable bonds is 6. The Bertz CT molecular complexity index is 997. The van der Waals surface area contributed by atoms with Gasteiger partial charge >= 0.3 is 0 Å². The Morgan fingerprint density at radius 2 is 1.86 bits per heavy atom. The lowest BCUT2D eigenvalue weighted by molar-refractivity contribution is -0.126. The molecule has 1 aliphatic rings. The summed E-state index contributed by atoms with van der Waals surface area (Å²) in [6.07, 6.45) is 2.20. The Morgan fingerprint density at radius 3 is 2.62 bits per heavy atom. The first-order valence-corrected chi connectivity index (χ1v) is 11.2. The molecule has 0 saturated carbocycles. The minimum absolute atomic E-state index is 0.0322. The topological polar surface area (TPSA) is 32.3 Å². The molecule has 0 spiro atoms. The fourth-order valence-electron chi connectivity index (χ4n) is 3.89. The van der Waals surface area contributed by atoms with Crippen LogP contribution < -0.4 is 5.32 Å². The molecular formula is C23H24ClFN2OS. The molecule has 6 heteroatoms. The molecule has 1 N–H and O–H groups in total. The molecular weight excluding hydrogens is 407 g/mol. The highest BCUT2D eigenvalue weighted by atomic mass is 35.5. The van der Waals surface area contributed by atoms with E-state index in [-0.39, 0.29) is 17.6 Å². The van der Waals surface area contributed by atoms with Crippen molar-refractivity contribution in [1.82, 2.24) is 10.2 Å². The average Bonchev–Trinajstić information content (AvgIpc) is 3.05. The van der Waals surface area contributed by atoms with Crippen molar-refractivity contribution in [3.63, 3.8) is 0 Å². The van der Waals surface area contributed by atoms with E-state index in [4.69, 9.17) is 11.6 Å². The number of benzene rings is 2. The van der Waals surface area contributed by atoms with Gasteiger partial charge in [-0.1, -0.05) is 48.0 Å². The summed E-state index contributed by atoms with van der Waals surface area (Å²) in [7, 11) is 0. The van der Waals surface area contributed by atoms with Crippen LogP contribution in [0.25, 0.3) is 10.1 Å². The minimum atomic E-state index is -0.213. The van der Waals surface area contributed by atoms with E-state index in [1.165, 1.54) is 15.6 Å². The van der Waals surface area contributed by atoms with Gasteiger partial charge in [-0.2, -0.15) is 0 Å². The molecule has 2 heterocycles. The first-order valence-electron chi connectivity index (χ1n) is 10.0. The summed E-state index contributed by atoms with van der Waals surface area (Å²) in [5, 5.41) is 4.96. The van der Waals surface area contributed by atoms with Gasteiger partial charge in [0.2, 0.25) is 5.91 Å². The van der Waals surface area contributed by atoms with Crippen molar-refractivity contribution in [1.29, 1.82) is 0 Å². The molecule has 0 unspecified atom stereocenters. The largest absolute Gasteiger partial charge is 0.356 e. The van der Waals surface area contributed by atoms with Gasteiger partial charge in [0.15, 0.2) is 0 Å². The highest BCUT2D eigenvalue weighted by Gasteiger charge is 2.25. The number of fused-ring (bicyclic) bond motifs is 1. The predicted octanol–water partition coefficient (Wildman–Crippen LogP) is 5.26. The summed E-state index contributed by atoms with van der Waals surface area (Å²) in [6, 6.07) is 14.9. The third-order valence-corrected chi connectivity index (χ3v) is 7.28. The molecule has 1 aliphatic heterocycles. The standard InChI is InChI=1S/C23H24ClFN2OS/c24-22-18-6-2-4-8-20(18)29-21(22)15-27-13-10-17(11-14-27)23(28)26-12-9-16-5-1-3-7-19(16)25/h1-8,17H,9-15H2,(H,26,28). The molecule has 3 aromatic rings. The second-order valence-corrected chi connectivity index (χ2v) is 9.03. The summed E-state index contributed by atoms with van der Waals surface area (Å²) < 4.78 is 14.9. The molecule has 1 amide bonds. The molecule has 152 valence electrons. The van der Waals surface area contributed by atoms with Crippen LogP contribution in [0.15, 0.2) is 48.5 Å². The number of hydrogen-bond acceptors (Lipinski definition) is 3. The molecule has 0 radical (unpaired) electrons. The zero-order valence-corrected chi connectivity index (χ0v) is 17.7. The number of amides is 1. The molecule has 1 fully saturated rings. The lowest BCUT2D eigenvalue weighted by Gasteiger charge is -2.31. The number of carbonyl (C=O) groups is 1. The van der Waals surface area contributed by atoms with E-state index in [2.05, 4.69) is 22.3 Å². The summed E-state index contributed by atoms with van der Waals surface area (Å²) in [5.41, 5.74) is 0.642. The molecule has 4 rings (SSSR count). The van der Waals surface area contributed by atoms with Gasteiger partial charge in [0, 0.05) is 34.0 Å². The monoisotopic (exact) mass is 430 g/mol. The van der Waals surface area contributed by atoms with Gasteiger partial charge in [-0.15, -0.1) is 11.3 Å². The van der Waals surface area contributed by atoms with E-state index in [1.807, 2.05) is 18.2 Å². The lowest BCUT2D eigenvalue weighted by Crippen LogP contribution is -2.40. The van der Waals surface area contributed by atoms with E-state index in [0.29, 0.717) is 18.5 Å². The SMILES string of the molecule is O=C(NCCc1ccccc1F)C1CCN(Cc2sc3ccccc3c2Cl)CC1. The number of thiophene rings is 1. The number of carbonyl (C=O) groups excluding carboxylic acids is 1. The van der Waals surface area contributed by atoms with Crippen LogP contribution in [-0.2, 0) is 17.8 Å². The summed E-state index contributed by atoms with van der Waals surface area (Å²) >= 11 is 8.32. The van der Waals surface area contributed by atoms with Crippen LogP contribution in [-0.4, -0.2) is 30.4 Å². The lowest BCUT2D eigenvalue weighted by atomic mass is 9.95. The maximum absolute atomic E-state index is 13.7. The second-order valence-electron chi connectivity index (χ2n) is 7.52. The van der Waals surface area contributed by atoms with Crippen molar-refractivity contribution in [2.45, 2.75) is 25.8 Å². The quantitative estimate of drug-likeness (QED) is 0.578. The Kier molecular flexibility index (Phi) is 6.48. The van der Waals surface area contributed by atoms with E-state index < -0.39 is 0 Å². The van der Waals surface area contributed by atoms with Crippen molar-refractivity contribution in [2.75, 3.05) is 19.6 Å². The number of likely N-dealkylation sites (tertiary alicyclic amines) is 1. The maximum Gasteiger partial charge on any atom is 0.223 e. The average molecular weight is 431 g/mol. The third-order valence-electron chi connectivity index (χ3n) is 5.58. The van der Waals surface area contributed by atoms with Crippen molar-refractivity contribution in [2.24, 2.45) is 5.92 Å². The molecule has 1 aromatic heterocycles. The van der Waals surface area contributed by atoms with E-state index in [1.54, 1.807) is 23.5 Å². The fourth-order valence-corrected chi connectivity index (χ4v) is 5.42. The van der Waals surface area contributed by atoms with Crippen LogP contribution in [0.5, 0.6) is 0 Å². The van der Waals surface area contributed by atoms with E-state index in [0.717, 1.165) is 42.9 Å². The summed E-state index contributed by atoms with van der Waals surface area (Å²) in [6.45, 7) is 3.07. The van der Waals surface area contributed by atoms with E-state index in [9.17, 15) is 9.18 Å². The van der Waals surface area contributed by atoms with Crippen molar-refractivity contribution >= 4 is 38.9 Å². The number of piperidine rings is 1. The minimum Gasteiger partial charge on any atom is -0.356 e. The van der Waals surface area contributed by atoms with Gasteiger partial charge in [0.25, 0.3) is 0 Å². The summed E-state index contributed by atoms with van der Waals surface area (Å²) in [5.74, 6) is -0.0967. The number of nitrogens with one attached hydrogen (secondary N) is 1. The van der Waals surface area contributed by atoms with Crippen LogP contribution in [0.4, 0.5) is 4.39 Å². The van der Waals surface area contributed by atoms with Gasteiger partial charge in [-0.25, -0.2) is 4.39 Å². The highest BCUT2D eigenvalue weighted by molar-refractivity contribution is 7.19. The van der Waals surface area contributed by atoms with Crippen molar-refractivity contribution < 1.29 is 9.18 Å². The maximum atomic E-state index is 13.7. The van der Waals surface area contributed by atoms with E-state index >= 15 is 0 Å². The smallest absolute Gasteiger partial charge is 0.223 e. The van der Waals surface area contributed by atoms with Gasteiger partial charge in [0.05, 0.1) is 5.02 Å². The van der Waals surface area contributed by atoms with Gasteiger partial charge < -0.3 is 5.32 Å². The Morgan fingerprint density at radius 1 is 1.14 bits per heavy atom. The van der Waals surface area contributed by atoms with Crippen LogP contribution in [0.1, 0.15) is 23.3 Å². The Labute approximate surface area is 179 Å². The van der Waals surface area contributed by atoms with Crippen LogP contribution in [0, 0.1) is 11.7 Å². The zero-order valence-electron chi connectivity index (χ0n) is 16.2. The third kappa shape index (κ3) is 4.80. The van der Waals surface area contributed by atoms with Gasteiger partial charge in [-0.05, 0) is 50.0 Å². The summed E-state index contributed by atoms with van der Waals surface area (Å²) in [4.78, 5) is 16.0. The Balaban J connectivity index is 1.25. The van der Waals surface area contributed by atoms with Crippen molar-refractivity contribution in [3.8, 4) is 0 Å². The predicted molar refractivity (Wildman–Crippen MR) is 118 cm³/mol. The molecule has 0 atom stereocenters. The molecule has 1 saturated heterocycles. The normalized spacial score (nSPS) is 15.7. The fraction of sp³-hybridized carbons (Fsp3) is 0.348. The first-order chi connectivity index (χ1) is 14.1.